The second-order valence-corrected chi connectivity index (χ2v) is 8.44. The van der Waals surface area contributed by atoms with Gasteiger partial charge in [0.2, 0.25) is 5.82 Å². The van der Waals surface area contributed by atoms with Crippen LogP contribution < -0.4 is 11.2 Å². The maximum absolute atomic E-state index is 13.8. The first-order valence-corrected chi connectivity index (χ1v) is 11.0. The maximum atomic E-state index is 13.8. The molecule has 2 heterocycles. The van der Waals surface area contributed by atoms with E-state index in [9.17, 15) is 23.6 Å². The molecule has 3 aromatic rings. The molecule has 1 aliphatic rings. The fourth-order valence-corrected chi connectivity index (χ4v) is 3.69. The van der Waals surface area contributed by atoms with Gasteiger partial charge in [-0.15, -0.1) is 0 Å². The lowest BCUT2D eigenvalue weighted by molar-refractivity contribution is -0.0584. The van der Waals surface area contributed by atoms with E-state index in [2.05, 4.69) is 0 Å². The molecule has 0 spiro atoms. The van der Waals surface area contributed by atoms with Gasteiger partial charge in [-0.25, -0.2) is 14.4 Å². The Labute approximate surface area is 207 Å². The highest BCUT2D eigenvalue weighted by molar-refractivity contribution is 6.31. The molecule has 1 N–H and O–H groups in total. The van der Waals surface area contributed by atoms with Crippen LogP contribution in [0, 0.1) is 5.82 Å². The number of esters is 2. The van der Waals surface area contributed by atoms with Gasteiger partial charge in [-0.05, 0) is 48.5 Å². The minimum absolute atomic E-state index is 0.0755. The first-order chi connectivity index (χ1) is 16.7. The van der Waals surface area contributed by atoms with Gasteiger partial charge in [0.15, 0.2) is 0 Å². The molecule has 1 unspecified atom stereocenters. The summed E-state index contributed by atoms with van der Waals surface area (Å²) in [5, 5.41) is 0.869. The van der Waals surface area contributed by atoms with Crippen LogP contribution in [0.2, 0.25) is 10.0 Å². The third kappa shape index (κ3) is 5.79. The summed E-state index contributed by atoms with van der Waals surface area (Å²) in [5.41, 5.74) is -1.65. The zero-order valence-electron chi connectivity index (χ0n) is 17.8. The maximum Gasteiger partial charge on any atom is 0.338 e. The SMILES string of the molecule is O=C(OC[C@H]1O[C@H](n2cc(F)c(=O)[nH]c2=O)CC1OC(=O)c1ccc(Cl)cc1)c1ccc(Cl)cc1. The van der Waals surface area contributed by atoms with Gasteiger partial charge >= 0.3 is 17.6 Å². The fourth-order valence-electron chi connectivity index (χ4n) is 3.44. The van der Waals surface area contributed by atoms with Crippen molar-refractivity contribution < 1.29 is 28.2 Å². The lowest BCUT2D eigenvalue weighted by atomic mass is 10.1. The van der Waals surface area contributed by atoms with Crippen molar-refractivity contribution in [2.45, 2.75) is 24.9 Å². The summed E-state index contributed by atoms with van der Waals surface area (Å²) < 4.78 is 31.3. The molecule has 1 saturated heterocycles. The van der Waals surface area contributed by atoms with E-state index in [0.717, 1.165) is 4.57 Å². The molecule has 12 heteroatoms. The van der Waals surface area contributed by atoms with Crippen LogP contribution in [0.1, 0.15) is 33.4 Å². The van der Waals surface area contributed by atoms with Crippen LogP contribution in [0.5, 0.6) is 0 Å². The largest absolute Gasteiger partial charge is 0.459 e. The first-order valence-electron chi connectivity index (χ1n) is 10.3. The second-order valence-electron chi connectivity index (χ2n) is 7.56. The third-order valence-corrected chi connectivity index (χ3v) is 5.72. The third-order valence-electron chi connectivity index (χ3n) is 5.21. The number of nitrogens with one attached hydrogen (secondary N) is 1. The summed E-state index contributed by atoms with van der Waals surface area (Å²) in [5.74, 6) is -2.57. The van der Waals surface area contributed by atoms with Gasteiger partial charge in [0.25, 0.3) is 5.56 Å². The van der Waals surface area contributed by atoms with Gasteiger partial charge < -0.3 is 14.2 Å². The summed E-state index contributed by atoms with van der Waals surface area (Å²) >= 11 is 11.7. The molecular formula is C23H17Cl2FN2O7. The van der Waals surface area contributed by atoms with E-state index < -0.39 is 47.4 Å². The zero-order chi connectivity index (χ0) is 25.1. The first kappa shape index (κ1) is 24.6. The molecule has 0 saturated carbocycles. The average molecular weight is 523 g/mol. The number of benzene rings is 2. The van der Waals surface area contributed by atoms with Crippen LogP contribution in [0.15, 0.2) is 64.3 Å². The summed E-state index contributed by atoms with van der Waals surface area (Å²) in [4.78, 5) is 50.4. The number of hydrogen-bond donors (Lipinski definition) is 1. The summed E-state index contributed by atoms with van der Waals surface area (Å²) in [7, 11) is 0. The Morgan fingerprint density at radius 2 is 1.57 bits per heavy atom. The number of carbonyl (C=O) groups excluding carboxylic acids is 2. The van der Waals surface area contributed by atoms with Gasteiger partial charge in [0.1, 0.15) is 25.0 Å². The molecule has 2 aromatic carbocycles. The van der Waals surface area contributed by atoms with Gasteiger partial charge in [-0.2, -0.15) is 4.39 Å². The number of carbonyl (C=O) groups is 2. The van der Waals surface area contributed by atoms with Crippen LogP contribution in [-0.2, 0) is 14.2 Å². The predicted molar refractivity (Wildman–Crippen MR) is 122 cm³/mol. The number of ether oxygens (including phenoxy) is 3. The van der Waals surface area contributed by atoms with Crippen molar-refractivity contribution in [3.63, 3.8) is 0 Å². The number of H-pyrrole nitrogens is 1. The number of aromatic nitrogens is 2. The lowest BCUT2D eigenvalue weighted by Crippen LogP contribution is -2.34. The molecule has 0 aliphatic carbocycles. The minimum Gasteiger partial charge on any atom is -0.459 e. The van der Waals surface area contributed by atoms with Crippen LogP contribution >= 0.6 is 23.2 Å². The molecule has 0 amide bonds. The van der Waals surface area contributed by atoms with E-state index >= 15 is 0 Å². The van der Waals surface area contributed by atoms with E-state index in [4.69, 9.17) is 37.4 Å². The van der Waals surface area contributed by atoms with E-state index in [1.807, 2.05) is 4.98 Å². The molecule has 1 aliphatic heterocycles. The van der Waals surface area contributed by atoms with Crippen molar-refractivity contribution >= 4 is 35.1 Å². The Kier molecular flexibility index (Phi) is 7.34. The molecule has 182 valence electrons. The Morgan fingerprint density at radius 1 is 1.00 bits per heavy atom. The Bertz CT molecular complexity index is 1360. The summed E-state index contributed by atoms with van der Waals surface area (Å²) in [6, 6.07) is 12.0. The fraction of sp³-hybridized carbons (Fsp3) is 0.217. The standard InChI is InChI=1S/C23H17Cl2FN2O7/c24-14-5-1-12(2-6-14)21(30)33-11-18-17(35-22(31)13-3-7-15(25)8-4-13)9-19(34-18)28-10-16(26)20(29)27-23(28)32/h1-8,10,17-19H,9,11H2,(H,27,29,32)/t17?,18-,19+/m1/s1. The average Bonchev–Trinajstić information content (AvgIpc) is 3.22. The molecule has 9 nitrogen and oxygen atoms in total. The van der Waals surface area contributed by atoms with E-state index in [1.54, 1.807) is 0 Å². The number of aromatic amines is 1. The highest BCUT2D eigenvalue weighted by atomic mass is 35.5. The lowest BCUT2D eigenvalue weighted by Gasteiger charge is -2.19. The molecule has 0 bridgehead atoms. The Hall–Kier alpha value is -3.47. The number of halogens is 3. The number of hydrogen-bond acceptors (Lipinski definition) is 7. The summed E-state index contributed by atoms with van der Waals surface area (Å²) in [6.07, 6.45) is -2.44. The smallest absolute Gasteiger partial charge is 0.338 e. The van der Waals surface area contributed by atoms with Crippen molar-refractivity contribution in [1.82, 2.24) is 9.55 Å². The molecule has 0 radical (unpaired) electrons. The van der Waals surface area contributed by atoms with Crippen LogP contribution in [0.4, 0.5) is 4.39 Å². The quantitative estimate of drug-likeness (QED) is 0.493. The monoisotopic (exact) mass is 522 g/mol. The van der Waals surface area contributed by atoms with E-state index in [0.29, 0.717) is 16.2 Å². The molecular weight excluding hydrogens is 506 g/mol. The van der Waals surface area contributed by atoms with E-state index in [1.165, 1.54) is 48.5 Å². The number of rotatable bonds is 6. The minimum atomic E-state index is -1.19. The van der Waals surface area contributed by atoms with Gasteiger partial charge in [0, 0.05) is 16.5 Å². The molecule has 1 fully saturated rings. The molecule has 35 heavy (non-hydrogen) atoms. The van der Waals surface area contributed by atoms with E-state index in [-0.39, 0.29) is 24.2 Å². The van der Waals surface area contributed by atoms with Crippen molar-refractivity contribution in [2.75, 3.05) is 6.61 Å². The van der Waals surface area contributed by atoms with Crippen LogP contribution in [-0.4, -0.2) is 40.3 Å². The topological polar surface area (TPSA) is 117 Å². The molecule has 1 aromatic heterocycles. The van der Waals surface area contributed by atoms with Gasteiger partial charge in [-0.1, -0.05) is 23.2 Å². The number of nitrogens with zero attached hydrogens (tertiary/aromatic N) is 1. The summed E-state index contributed by atoms with van der Waals surface area (Å²) in [6.45, 7) is -0.336. The van der Waals surface area contributed by atoms with Crippen LogP contribution in [0.3, 0.4) is 0 Å². The Morgan fingerprint density at radius 3 is 2.17 bits per heavy atom. The highest BCUT2D eigenvalue weighted by Gasteiger charge is 2.40. The van der Waals surface area contributed by atoms with Gasteiger partial charge in [0.05, 0.1) is 17.3 Å². The zero-order valence-corrected chi connectivity index (χ0v) is 19.3. The van der Waals surface area contributed by atoms with Crippen molar-refractivity contribution in [2.24, 2.45) is 0 Å². The second kappa shape index (κ2) is 10.4. The molecule has 4 rings (SSSR count). The Balaban J connectivity index is 1.53. The van der Waals surface area contributed by atoms with Crippen molar-refractivity contribution in [3.05, 3.63) is 103 Å². The van der Waals surface area contributed by atoms with Crippen LogP contribution in [0.25, 0.3) is 0 Å². The van der Waals surface area contributed by atoms with Gasteiger partial charge in [-0.3, -0.25) is 14.3 Å². The highest BCUT2D eigenvalue weighted by Crippen LogP contribution is 2.31. The van der Waals surface area contributed by atoms with Crippen molar-refractivity contribution in [1.29, 1.82) is 0 Å². The molecule has 3 atom stereocenters. The normalized spacial score (nSPS) is 19.3. The predicted octanol–water partition coefficient (Wildman–Crippen LogP) is 3.35. The van der Waals surface area contributed by atoms with Crippen molar-refractivity contribution in [3.8, 4) is 0 Å².